The van der Waals surface area contributed by atoms with Gasteiger partial charge in [-0.25, -0.2) is 0 Å². The summed E-state index contributed by atoms with van der Waals surface area (Å²) in [6.45, 7) is 9.12. The quantitative estimate of drug-likeness (QED) is 0.870. The molecule has 1 aliphatic heterocycles. The Morgan fingerprint density at radius 2 is 2.00 bits per heavy atom. The summed E-state index contributed by atoms with van der Waals surface area (Å²) in [7, 11) is 1.85. The minimum Gasteiger partial charge on any atom is -0.373 e. The number of rotatable bonds is 2. The standard InChI is InChI=1S/C15H27N5/c1-15(2,3)11-6-5-8-20(9-7-11)13-10-12(17-4)18-14(16)19-13/h10-11H,5-9H2,1-4H3,(H3,16,17,18,19). The van der Waals surface area contributed by atoms with E-state index < -0.39 is 0 Å². The molecule has 0 radical (unpaired) electrons. The number of aromatic nitrogens is 2. The topological polar surface area (TPSA) is 67.1 Å². The molecule has 5 heteroatoms. The van der Waals surface area contributed by atoms with E-state index in [1.165, 1.54) is 19.3 Å². The van der Waals surface area contributed by atoms with E-state index in [2.05, 4.69) is 41.0 Å². The van der Waals surface area contributed by atoms with Crippen LogP contribution in [-0.2, 0) is 0 Å². The van der Waals surface area contributed by atoms with Crippen LogP contribution < -0.4 is 16.0 Å². The van der Waals surface area contributed by atoms with Gasteiger partial charge in [0.1, 0.15) is 11.6 Å². The molecule has 0 saturated carbocycles. The van der Waals surface area contributed by atoms with E-state index in [1.54, 1.807) is 0 Å². The van der Waals surface area contributed by atoms with Crippen LogP contribution >= 0.6 is 0 Å². The molecule has 0 aromatic carbocycles. The number of anilines is 3. The molecule has 1 aromatic rings. The van der Waals surface area contributed by atoms with Crippen molar-refractivity contribution in [1.82, 2.24) is 9.97 Å². The number of hydrogen-bond donors (Lipinski definition) is 2. The highest BCUT2D eigenvalue weighted by atomic mass is 15.2. The summed E-state index contributed by atoms with van der Waals surface area (Å²) in [5, 5.41) is 3.04. The molecular formula is C15H27N5. The molecule has 1 aliphatic rings. The lowest BCUT2D eigenvalue weighted by Crippen LogP contribution is -2.27. The monoisotopic (exact) mass is 277 g/mol. The summed E-state index contributed by atoms with van der Waals surface area (Å²) in [5.74, 6) is 2.83. The smallest absolute Gasteiger partial charge is 0.223 e. The van der Waals surface area contributed by atoms with Gasteiger partial charge in [0.25, 0.3) is 0 Å². The van der Waals surface area contributed by atoms with Crippen molar-refractivity contribution < 1.29 is 0 Å². The van der Waals surface area contributed by atoms with Crippen LogP contribution in [0.25, 0.3) is 0 Å². The SMILES string of the molecule is CNc1cc(N2CCCC(C(C)(C)C)CC2)nc(N)n1. The molecule has 20 heavy (non-hydrogen) atoms. The normalized spacial score (nSPS) is 20.6. The molecular weight excluding hydrogens is 250 g/mol. The molecule has 0 spiro atoms. The predicted molar refractivity (Wildman–Crippen MR) is 85.0 cm³/mol. The molecule has 3 N–H and O–H groups in total. The average Bonchev–Trinajstić information content (AvgIpc) is 2.63. The van der Waals surface area contributed by atoms with Gasteiger partial charge in [-0.15, -0.1) is 0 Å². The van der Waals surface area contributed by atoms with Gasteiger partial charge in [0, 0.05) is 26.2 Å². The Bertz CT molecular complexity index is 452. The van der Waals surface area contributed by atoms with Crippen molar-refractivity contribution in [1.29, 1.82) is 0 Å². The first-order valence-corrected chi connectivity index (χ1v) is 7.47. The van der Waals surface area contributed by atoms with E-state index in [1.807, 2.05) is 13.1 Å². The number of nitrogen functional groups attached to an aromatic ring is 1. The van der Waals surface area contributed by atoms with Crippen LogP contribution in [0.1, 0.15) is 40.0 Å². The zero-order valence-electron chi connectivity index (χ0n) is 13.1. The summed E-state index contributed by atoms with van der Waals surface area (Å²) in [6.07, 6.45) is 3.71. The second-order valence-corrected chi connectivity index (χ2v) is 6.70. The second kappa shape index (κ2) is 5.85. The van der Waals surface area contributed by atoms with Gasteiger partial charge in [0.2, 0.25) is 5.95 Å². The third kappa shape index (κ3) is 3.52. The van der Waals surface area contributed by atoms with Crippen LogP contribution in [0.15, 0.2) is 6.07 Å². The Morgan fingerprint density at radius 1 is 1.25 bits per heavy atom. The molecule has 1 aromatic heterocycles. The van der Waals surface area contributed by atoms with Crippen molar-refractivity contribution in [3.8, 4) is 0 Å². The van der Waals surface area contributed by atoms with E-state index in [9.17, 15) is 0 Å². The van der Waals surface area contributed by atoms with Crippen LogP contribution in [0.4, 0.5) is 17.6 Å². The molecule has 2 heterocycles. The fourth-order valence-electron chi connectivity index (χ4n) is 2.93. The van der Waals surface area contributed by atoms with Gasteiger partial charge >= 0.3 is 0 Å². The molecule has 1 saturated heterocycles. The highest BCUT2D eigenvalue weighted by Crippen LogP contribution is 2.35. The Morgan fingerprint density at radius 3 is 2.65 bits per heavy atom. The number of nitrogens with one attached hydrogen (secondary N) is 1. The van der Waals surface area contributed by atoms with Gasteiger partial charge in [-0.3, -0.25) is 0 Å². The van der Waals surface area contributed by atoms with E-state index in [4.69, 9.17) is 5.73 Å². The fraction of sp³-hybridized carbons (Fsp3) is 0.733. The Kier molecular flexibility index (Phi) is 4.35. The van der Waals surface area contributed by atoms with Crippen molar-refractivity contribution in [2.75, 3.05) is 36.1 Å². The van der Waals surface area contributed by atoms with E-state index in [0.717, 1.165) is 30.6 Å². The molecule has 1 unspecified atom stereocenters. The largest absolute Gasteiger partial charge is 0.373 e. The average molecular weight is 277 g/mol. The third-order valence-electron chi connectivity index (χ3n) is 4.26. The number of nitrogens with zero attached hydrogens (tertiary/aromatic N) is 3. The summed E-state index contributed by atoms with van der Waals surface area (Å²) < 4.78 is 0. The molecule has 5 nitrogen and oxygen atoms in total. The summed E-state index contributed by atoms with van der Waals surface area (Å²) >= 11 is 0. The van der Waals surface area contributed by atoms with Crippen LogP contribution in [0.2, 0.25) is 0 Å². The second-order valence-electron chi connectivity index (χ2n) is 6.70. The zero-order valence-corrected chi connectivity index (χ0v) is 13.1. The molecule has 1 atom stereocenters. The van der Waals surface area contributed by atoms with Crippen molar-refractivity contribution in [3.05, 3.63) is 6.07 Å². The number of nitrogens with two attached hydrogens (primary N) is 1. The van der Waals surface area contributed by atoms with Crippen molar-refractivity contribution in [2.24, 2.45) is 11.3 Å². The molecule has 0 bridgehead atoms. The maximum absolute atomic E-state index is 5.79. The van der Waals surface area contributed by atoms with Crippen LogP contribution in [0.3, 0.4) is 0 Å². The lowest BCUT2D eigenvalue weighted by Gasteiger charge is -2.30. The number of hydrogen-bond acceptors (Lipinski definition) is 5. The van der Waals surface area contributed by atoms with Crippen LogP contribution in [0, 0.1) is 11.3 Å². The summed E-state index contributed by atoms with van der Waals surface area (Å²) in [6, 6.07) is 1.98. The van der Waals surface area contributed by atoms with Gasteiger partial charge in [0.05, 0.1) is 0 Å². The molecule has 2 rings (SSSR count). The molecule has 0 amide bonds. The maximum atomic E-state index is 5.79. The maximum Gasteiger partial charge on any atom is 0.223 e. The van der Waals surface area contributed by atoms with Crippen LogP contribution in [-0.4, -0.2) is 30.1 Å². The predicted octanol–water partition coefficient (Wildman–Crippen LogP) is 2.75. The van der Waals surface area contributed by atoms with E-state index in [0.29, 0.717) is 11.4 Å². The molecule has 112 valence electrons. The summed E-state index contributed by atoms with van der Waals surface area (Å²) in [4.78, 5) is 10.9. The van der Waals surface area contributed by atoms with Crippen molar-refractivity contribution in [3.63, 3.8) is 0 Å². The first-order chi connectivity index (χ1) is 9.40. The Labute approximate surface area is 122 Å². The fourth-order valence-corrected chi connectivity index (χ4v) is 2.93. The highest BCUT2D eigenvalue weighted by Gasteiger charge is 2.27. The minimum atomic E-state index is 0.337. The Hall–Kier alpha value is -1.52. The van der Waals surface area contributed by atoms with Gasteiger partial charge < -0.3 is 16.0 Å². The Balaban J connectivity index is 2.12. The van der Waals surface area contributed by atoms with Crippen LogP contribution in [0.5, 0.6) is 0 Å². The highest BCUT2D eigenvalue weighted by molar-refractivity contribution is 5.52. The lowest BCUT2D eigenvalue weighted by atomic mass is 9.77. The first kappa shape index (κ1) is 14.9. The van der Waals surface area contributed by atoms with Crippen molar-refractivity contribution in [2.45, 2.75) is 40.0 Å². The van der Waals surface area contributed by atoms with E-state index >= 15 is 0 Å². The minimum absolute atomic E-state index is 0.337. The first-order valence-electron chi connectivity index (χ1n) is 7.47. The van der Waals surface area contributed by atoms with Gasteiger partial charge in [-0.2, -0.15) is 9.97 Å². The van der Waals surface area contributed by atoms with E-state index in [-0.39, 0.29) is 0 Å². The molecule has 1 fully saturated rings. The molecule has 0 aliphatic carbocycles. The van der Waals surface area contributed by atoms with Gasteiger partial charge in [-0.1, -0.05) is 20.8 Å². The summed E-state index contributed by atoms with van der Waals surface area (Å²) in [5.41, 5.74) is 6.17. The zero-order chi connectivity index (χ0) is 14.8. The van der Waals surface area contributed by atoms with Gasteiger partial charge in [0.15, 0.2) is 0 Å². The lowest BCUT2D eigenvalue weighted by molar-refractivity contribution is 0.220. The third-order valence-corrected chi connectivity index (χ3v) is 4.26. The van der Waals surface area contributed by atoms with Crippen molar-refractivity contribution >= 4 is 17.6 Å². The van der Waals surface area contributed by atoms with Gasteiger partial charge in [-0.05, 0) is 30.6 Å².